The molecular weight excluding hydrogens is 280 g/mol. The van der Waals surface area contributed by atoms with Crippen molar-refractivity contribution in [2.75, 3.05) is 12.4 Å². The third kappa shape index (κ3) is 3.00. The van der Waals surface area contributed by atoms with Crippen molar-refractivity contribution in [1.82, 2.24) is 0 Å². The Morgan fingerprint density at radius 3 is 2.67 bits per heavy atom. The maximum atomic E-state index is 5.80. The van der Waals surface area contributed by atoms with Crippen LogP contribution in [-0.4, -0.2) is 18.1 Å². The maximum absolute atomic E-state index is 5.80. The highest BCUT2D eigenvalue weighted by Gasteiger charge is 2.38. The number of thiocarbonyl (C=S) groups is 1. The van der Waals surface area contributed by atoms with Crippen molar-refractivity contribution in [3.8, 4) is 5.75 Å². The molecule has 2 atom stereocenters. The molecule has 0 spiro atoms. The zero-order valence-corrected chi connectivity index (χ0v) is 12.7. The van der Waals surface area contributed by atoms with Gasteiger partial charge < -0.3 is 15.8 Å². The summed E-state index contributed by atoms with van der Waals surface area (Å²) in [5.74, 6) is 1.35. The number of rotatable bonds is 5. The van der Waals surface area contributed by atoms with E-state index < -0.39 is 0 Å². The van der Waals surface area contributed by atoms with Gasteiger partial charge in [-0.15, -0.1) is 0 Å². The largest absolute Gasteiger partial charge is 0.497 e. The monoisotopic (exact) mass is 298 g/mol. The second-order valence-corrected chi connectivity index (χ2v) is 5.72. The van der Waals surface area contributed by atoms with E-state index in [0.29, 0.717) is 16.9 Å². The quantitative estimate of drug-likeness (QED) is 0.832. The van der Waals surface area contributed by atoms with Crippen molar-refractivity contribution in [2.45, 2.75) is 18.4 Å². The minimum Gasteiger partial charge on any atom is -0.497 e. The zero-order chi connectivity index (χ0) is 14.8. The van der Waals surface area contributed by atoms with Crippen LogP contribution >= 0.6 is 12.2 Å². The molecule has 0 heterocycles. The molecule has 2 unspecified atom stereocenters. The number of ether oxygens (including phenoxy) is 1. The van der Waals surface area contributed by atoms with Gasteiger partial charge in [0.1, 0.15) is 10.7 Å². The van der Waals surface area contributed by atoms with E-state index in [2.05, 4.69) is 29.6 Å². The van der Waals surface area contributed by atoms with E-state index in [1.54, 1.807) is 7.11 Å². The molecule has 2 aromatic carbocycles. The molecular formula is C17H18N2OS. The van der Waals surface area contributed by atoms with E-state index in [9.17, 15) is 0 Å². The van der Waals surface area contributed by atoms with Crippen LogP contribution in [0.25, 0.3) is 0 Å². The molecule has 0 aliphatic heterocycles. The highest BCUT2D eigenvalue weighted by Crippen LogP contribution is 2.43. The van der Waals surface area contributed by atoms with Crippen LogP contribution < -0.4 is 15.8 Å². The Labute approximate surface area is 130 Å². The molecule has 3 N–H and O–H groups in total. The van der Waals surface area contributed by atoms with Gasteiger partial charge in [-0.1, -0.05) is 42.5 Å². The van der Waals surface area contributed by atoms with Crippen LogP contribution in [0.2, 0.25) is 0 Å². The molecule has 0 radical (unpaired) electrons. The summed E-state index contributed by atoms with van der Waals surface area (Å²) in [6.45, 7) is 0. The van der Waals surface area contributed by atoms with Gasteiger partial charge in [0.25, 0.3) is 0 Å². The van der Waals surface area contributed by atoms with E-state index in [1.165, 1.54) is 5.56 Å². The molecule has 0 aromatic heterocycles. The smallest absolute Gasteiger partial charge is 0.120 e. The minimum absolute atomic E-state index is 0.400. The summed E-state index contributed by atoms with van der Waals surface area (Å²) in [6, 6.07) is 16.7. The van der Waals surface area contributed by atoms with Gasteiger partial charge in [-0.3, -0.25) is 0 Å². The normalized spacial score (nSPS) is 19.9. The van der Waals surface area contributed by atoms with Crippen molar-refractivity contribution in [3.05, 3.63) is 59.7 Å². The third-order valence-corrected chi connectivity index (χ3v) is 4.07. The molecule has 1 aliphatic rings. The summed E-state index contributed by atoms with van der Waals surface area (Å²) in [6.07, 6.45) is 1.12. The van der Waals surface area contributed by atoms with Crippen LogP contribution in [0.15, 0.2) is 48.5 Å². The van der Waals surface area contributed by atoms with E-state index in [0.717, 1.165) is 23.4 Å². The lowest BCUT2D eigenvalue weighted by Crippen LogP contribution is -2.14. The van der Waals surface area contributed by atoms with Gasteiger partial charge in [-0.05, 0) is 24.1 Å². The fraction of sp³-hybridized carbons (Fsp3) is 0.235. The lowest BCUT2D eigenvalue weighted by molar-refractivity contribution is 0.415. The van der Waals surface area contributed by atoms with Gasteiger partial charge in [-0.2, -0.15) is 0 Å². The topological polar surface area (TPSA) is 47.3 Å². The first-order chi connectivity index (χ1) is 10.2. The lowest BCUT2D eigenvalue weighted by atomic mass is 10.1. The van der Waals surface area contributed by atoms with Crippen LogP contribution in [0.3, 0.4) is 0 Å². The molecule has 0 bridgehead atoms. The van der Waals surface area contributed by atoms with Gasteiger partial charge >= 0.3 is 0 Å². The van der Waals surface area contributed by atoms with Crippen LogP contribution in [0.5, 0.6) is 5.75 Å². The molecule has 4 heteroatoms. The molecule has 1 aliphatic carbocycles. The number of nitrogens with two attached hydrogens (primary N) is 1. The van der Waals surface area contributed by atoms with Crippen LogP contribution in [0, 0.1) is 0 Å². The van der Waals surface area contributed by atoms with Gasteiger partial charge in [-0.25, -0.2) is 0 Å². The van der Waals surface area contributed by atoms with Gasteiger partial charge in [0, 0.05) is 29.3 Å². The molecule has 1 saturated carbocycles. The van der Waals surface area contributed by atoms with Crippen LogP contribution in [0.4, 0.5) is 5.69 Å². The first-order valence-corrected chi connectivity index (χ1v) is 7.39. The Morgan fingerprint density at radius 2 is 2.00 bits per heavy atom. The zero-order valence-electron chi connectivity index (χ0n) is 11.9. The Kier molecular flexibility index (Phi) is 3.80. The molecule has 108 valence electrons. The summed E-state index contributed by atoms with van der Waals surface area (Å²) in [7, 11) is 1.66. The number of benzene rings is 2. The van der Waals surface area contributed by atoms with E-state index >= 15 is 0 Å². The molecule has 2 aromatic rings. The number of anilines is 1. The van der Waals surface area contributed by atoms with Crippen molar-refractivity contribution < 1.29 is 4.74 Å². The first-order valence-electron chi connectivity index (χ1n) is 6.98. The predicted molar refractivity (Wildman–Crippen MR) is 90.1 cm³/mol. The van der Waals surface area contributed by atoms with Gasteiger partial charge in [0.05, 0.1) is 7.11 Å². The summed E-state index contributed by atoms with van der Waals surface area (Å²) in [5.41, 5.74) is 8.98. The average molecular weight is 298 g/mol. The van der Waals surface area contributed by atoms with Crippen LogP contribution in [-0.2, 0) is 0 Å². The van der Waals surface area contributed by atoms with E-state index in [4.69, 9.17) is 22.7 Å². The average Bonchev–Trinajstić information content (AvgIpc) is 3.27. The third-order valence-electron chi connectivity index (χ3n) is 3.85. The predicted octanol–water partition coefficient (Wildman–Crippen LogP) is 3.30. The second kappa shape index (κ2) is 5.74. The second-order valence-electron chi connectivity index (χ2n) is 5.28. The van der Waals surface area contributed by atoms with Crippen molar-refractivity contribution in [3.63, 3.8) is 0 Å². The molecule has 3 rings (SSSR count). The SMILES string of the molecule is COc1ccc(C(N)=S)c(NC2CC2c2ccccc2)c1. The van der Waals surface area contributed by atoms with Crippen LogP contribution in [0.1, 0.15) is 23.5 Å². The Morgan fingerprint density at radius 1 is 1.24 bits per heavy atom. The van der Waals surface area contributed by atoms with E-state index in [-0.39, 0.29) is 0 Å². The highest BCUT2D eigenvalue weighted by molar-refractivity contribution is 7.80. The molecule has 0 saturated heterocycles. The molecule has 21 heavy (non-hydrogen) atoms. The number of hydrogen-bond donors (Lipinski definition) is 2. The molecule has 0 amide bonds. The minimum atomic E-state index is 0.400. The Balaban J connectivity index is 1.78. The van der Waals surface area contributed by atoms with Crippen molar-refractivity contribution in [2.24, 2.45) is 5.73 Å². The highest BCUT2D eigenvalue weighted by atomic mass is 32.1. The fourth-order valence-corrected chi connectivity index (χ4v) is 2.79. The standard InChI is InChI=1S/C17H18N2OS/c1-20-12-7-8-13(17(18)21)15(9-12)19-16-10-14(16)11-5-3-2-4-6-11/h2-9,14,16,19H,10H2,1H3,(H2,18,21). The van der Waals surface area contributed by atoms with Crippen molar-refractivity contribution >= 4 is 22.9 Å². The summed E-state index contributed by atoms with van der Waals surface area (Å²) < 4.78 is 5.28. The number of methoxy groups -OCH3 is 1. The molecule has 3 nitrogen and oxygen atoms in total. The Bertz CT molecular complexity index is 657. The maximum Gasteiger partial charge on any atom is 0.120 e. The lowest BCUT2D eigenvalue weighted by Gasteiger charge is -2.13. The molecule has 1 fully saturated rings. The van der Waals surface area contributed by atoms with Gasteiger partial charge in [0.15, 0.2) is 0 Å². The summed E-state index contributed by atoms with van der Waals surface area (Å²) >= 11 is 5.12. The summed E-state index contributed by atoms with van der Waals surface area (Å²) in [4.78, 5) is 0.400. The van der Waals surface area contributed by atoms with E-state index in [1.807, 2.05) is 24.3 Å². The first kappa shape index (κ1) is 13.9. The summed E-state index contributed by atoms with van der Waals surface area (Å²) in [5, 5.41) is 3.54. The van der Waals surface area contributed by atoms with Crippen molar-refractivity contribution in [1.29, 1.82) is 0 Å². The fourth-order valence-electron chi connectivity index (χ4n) is 2.61. The number of nitrogens with one attached hydrogen (secondary N) is 1. The Hall–Kier alpha value is -2.07. The number of hydrogen-bond acceptors (Lipinski definition) is 3. The van der Waals surface area contributed by atoms with Gasteiger partial charge in [0.2, 0.25) is 0 Å².